The van der Waals surface area contributed by atoms with Gasteiger partial charge in [-0.3, -0.25) is 4.79 Å². The van der Waals surface area contributed by atoms with E-state index in [4.69, 9.17) is 14.2 Å². The maximum absolute atomic E-state index is 10.5. The van der Waals surface area contributed by atoms with Crippen LogP contribution in [0.5, 0.6) is 0 Å². The standard InChI is InChI=1S/C9H18O5/c1-9(10)7-13-5-3-12-4-6-14-8-11-2/h3-8H2,1-2H3. The van der Waals surface area contributed by atoms with Crippen LogP contribution in [0.2, 0.25) is 0 Å². The lowest BCUT2D eigenvalue weighted by molar-refractivity contribution is -0.122. The molecule has 0 N–H and O–H groups in total. The average Bonchev–Trinajstić information content (AvgIpc) is 2.15. The van der Waals surface area contributed by atoms with Crippen molar-refractivity contribution < 1.29 is 23.7 Å². The van der Waals surface area contributed by atoms with Gasteiger partial charge in [0.25, 0.3) is 0 Å². The van der Waals surface area contributed by atoms with Crippen LogP contribution in [0.3, 0.4) is 0 Å². The van der Waals surface area contributed by atoms with E-state index < -0.39 is 0 Å². The molecule has 5 heteroatoms. The molecule has 0 rings (SSSR count). The van der Waals surface area contributed by atoms with Gasteiger partial charge in [-0.25, -0.2) is 0 Å². The topological polar surface area (TPSA) is 54.0 Å². The van der Waals surface area contributed by atoms with Crippen LogP contribution in [0.4, 0.5) is 0 Å². The minimum atomic E-state index is 0.0217. The Balaban J connectivity index is 2.88. The molecular formula is C9H18O5. The Morgan fingerprint density at radius 3 is 2.14 bits per heavy atom. The van der Waals surface area contributed by atoms with E-state index in [1.165, 1.54) is 6.92 Å². The fourth-order valence-corrected chi connectivity index (χ4v) is 0.696. The molecule has 0 aromatic rings. The number of ether oxygens (including phenoxy) is 4. The molecule has 0 aliphatic carbocycles. The number of rotatable bonds is 10. The van der Waals surface area contributed by atoms with Crippen LogP contribution >= 0.6 is 0 Å². The monoisotopic (exact) mass is 206 g/mol. The van der Waals surface area contributed by atoms with E-state index in [1.54, 1.807) is 7.11 Å². The number of carbonyl (C=O) groups excluding carboxylic acids is 1. The van der Waals surface area contributed by atoms with Gasteiger partial charge in [0.05, 0.1) is 26.4 Å². The van der Waals surface area contributed by atoms with Crippen LogP contribution in [-0.2, 0) is 23.7 Å². The second kappa shape index (κ2) is 10.6. The lowest BCUT2D eigenvalue weighted by atomic mass is 10.5. The zero-order valence-electron chi connectivity index (χ0n) is 8.78. The summed E-state index contributed by atoms with van der Waals surface area (Å²) in [4.78, 5) is 10.5. The first-order valence-corrected chi connectivity index (χ1v) is 4.49. The summed E-state index contributed by atoms with van der Waals surface area (Å²) in [6, 6.07) is 0. The molecule has 0 aliphatic heterocycles. The smallest absolute Gasteiger partial charge is 0.155 e. The summed E-state index contributed by atoms with van der Waals surface area (Å²) in [5.74, 6) is 0.0217. The predicted octanol–water partition coefficient (Wildman–Crippen LogP) is 0.229. The Morgan fingerprint density at radius 2 is 1.57 bits per heavy atom. The van der Waals surface area contributed by atoms with E-state index in [2.05, 4.69) is 4.74 Å². The van der Waals surface area contributed by atoms with Crippen molar-refractivity contribution in [2.75, 3.05) is 46.9 Å². The summed E-state index contributed by atoms with van der Waals surface area (Å²) in [6.07, 6.45) is 0. The van der Waals surface area contributed by atoms with Crippen LogP contribution in [0.25, 0.3) is 0 Å². The summed E-state index contributed by atoms with van der Waals surface area (Å²) in [5.41, 5.74) is 0. The second-order valence-corrected chi connectivity index (χ2v) is 2.68. The SMILES string of the molecule is COCOCCOCCOCC(C)=O. The number of hydrogen-bond acceptors (Lipinski definition) is 5. The first-order valence-electron chi connectivity index (χ1n) is 4.49. The fourth-order valence-electron chi connectivity index (χ4n) is 0.696. The van der Waals surface area contributed by atoms with Gasteiger partial charge in [0.1, 0.15) is 13.4 Å². The van der Waals surface area contributed by atoms with Crippen molar-refractivity contribution in [2.24, 2.45) is 0 Å². The fraction of sp³-hybridized carbons (Fsp3) is 0.889. The molecule has 0 aromatic heterocycles. The van der Waals surface area contributed by atoms with Crippen LogP contribution in [0.15, 0.2) is 0 Å². The molecule has 84 valence electrons. The molecule has 0 aliphatic rings. The van der Waals surface area contributed by atoms with Crippen molar-refractivity contribution in [2.45, 2.75) is 6.92 Å². The number of methoxy groups -OCH3 is 1. The van der Waals surface area contributed by atoms with Crippen molar-refractivity contribution in [3.05, 3.63) is 0 Å². The summed E-state index contributed by atoms with van der Waals surface area (Å²) in [7, 11) is 1.57. The Kier molecular flexibility index (Phi) is 10.2. The molecule has 0 bridgehead atoms. The maximum Gasteiger partial charge on any atom is 0.155 e. The highest BCUT2D eigenvalue weighted by Crippen LogP contribution is 1.81. The molecule has 0 saturated heterocycles. The second-order valence-electron chi connectivity index (χ2n) is 2.68. The van der Waals surface area contributed by atoms with E-state index in [9.17, 15) is 4.79 Å². The zero-order valence-corrected chi connectivity index (χ0v) is 8.78. The summed E-state index contributed by atoms with van der Waals surface area (Å²) < 4.78 is 19.8. The molecule has 0 saturated carbocycles. The molecule has 0 spiro atoms. The minimum Gasteiger partial charge on any atom is -0.377 e. The summed E-state index contributed by atoms with van der Waals surface area (Å²) in [5, 5.41) is 0. The van der Waals surface area contributed by atoms with Gasteiger partial charge in [-0.15, -0.1) is 0 Å². The summed E-state index contributed by atoms with van der Waals surface area (Å²) >= 11 is 0. The molecule has 0 fully saturated rings. The molecular weight excluding hydrogens is 188 g/mol. The Bertz CT molecular complexity index is 137. The number of ketones is 1. The first kappa shape index (κ1) is 13.5. The molecule has 0 amide bonds. The number of carbonyl (C=O) groups is 1. The zero-order chi connectivity index (χ0) is 10.6. The Labute approximate surface area is 84.3 Å². The first-order chi connectivity index (χ1) is 6.77. The van der Waals surface area contributed by atoms with Gasteiger partial charge in [-0.1, -0.05) is 0 Å². The largest absolute Gasteiger partial charge is 0.377 e. The van der Waals surface area contributed by atoms with Crippen molar-refractivity contribution in [1.82, 2.24) is 0 Å². The van der Waals surface area contributed by atoms with Gasteiger partial charge in [0, 0.05) is 7.11 Å². The molecule has 0 aromatic carbocycles. The van der Waals surface area contributed by atoms with Crippen LogP contribution < -0.4 is 0 Å². The van der Waals surface area contributed by atoms with Gasteiger partial charge in [-0.2, -0.15) is 0 Å². The van der Waals surface area contributed by atoms with Crippen molar-refractivity contribution in [3.8, 4) is 0 Å². The molecule has 5 nitrogen and oxygen atoms in total. The van der Waals surface area contributed by atoms with E-state index in [0.29, 0.717) is 26.4 Å². The molecule has 0 unspecified atom stereocenters. The lowest BCUT2D eigenvalue weighted by Gasteiger charge is -2.05. The normalized spacial score (nSPS) is 10.4. The maximum atomic E-state index is 10.5. The molecule has 0 heterocycles. The highest BCUT2D eigenvalue weighted by atomic mass is 16.7. The van der Waals surface area contributed by atoms with Crippen molar-refractivity contribution in [1.29, 1.82) is 0 Å². The highest BCUT2D eigenvalue weighted by molar-refractivity contribution is 5.76. The summed E-state index contributed by atoms with van der Waals surface area (Å²) in [6.45, 7) is 3.84. The van der Waals surface area contributed by atoms with Crippen molar-refractivity contribution in [3.63, 3.8) is 0 Å². The third-order valence-corrected chi connectivity index (χ3v) is 1.25. The Hall–Kier alpha value is -0.490. The van der Waals surface area contributed by atoms with Crippen LogP contribution in [0, 0.1) is 0 Å². The van der Waals surface area contributed by atoms with Crippen molar-refractivity contribution >= 4 is 5.78 Å². The van der Waals surface area contributed by atoms with Crippen LogP contribution in [-0.4, -0.2) is 52.7 Å². The minimum absolute atomic E-state index is 0.0217. The van der Waals surface area contributed by atoms with E-state index in [0.717, 1.165) is 0 Å². The van der Waals surface area contributed by atoms with Gasteiger partial charge in [0.2, 0.25) is 0 Å². The molecule has 14 heavy (non-hydrogen) atoms. The van der Waals surface area contributed by atoms with Crippen LogP contribution in [0.1, 0.15) is 6.92 Å². The number of Topliss-reactive ketones (excluding diaryl/α,β-unsaturated/α-hetero) is 1. The van der Waals surface area contributed by atoms with Gasteiger partial charge in [0.15, 0.2) is 5.78 Å². The van der Waals surface area contributed by atoms with E-state index in [-0.39, 0.29) is 19.2 Å². The quantitative estimate of drug-likeness (QED) is 0.378. The molecule has 0 atom stereocenters. The predicted molar refractivity (Wildman–Crippen MR) is 50.1 cm³/mol. The molecule has 0 radical (unpaired) electrons. The Morgan fingerprint density at radius 1 is 1.00 bits per heavy atom. The van der Waals surface area contributed by atoms with Gasteiger partial charge in [-0.05, 0) is 6.92 Å². The van der Waals surface area contributed by atoms with Gasteiger partial charge >= 0.3 is 0 Å². The average molecular weight is 206 g/mol. The van der Waals surface area contributed by atoms with E-state index in [1.807, 2.05) is 0 Å². The number of hydrogen-bond donors (Lipinski definition) is 0. The van der Waals surface area contributed by atoms with E-state index >= 15 is 0 Å². The third kappa shape index (κ3) is 11.5. The third-order valence-electron chi connectivity index (χ3n) is 1.25. The lowest BCUT2D eigenvalue weighted by Crippen LogP contribution is -2.12. The highest BCUT2D eigenvalue weighted by Gasteiger charge is 1.93. The van der Waals surface area contributed by atoms with Gasteiger partial charge < -0.3 is 18.9 Å².